The number of carbonyl (C=O) groups is 1. The van der Waals surface area contributed by atoms with Gasteiger partial charge in [0.1, 0.15) is 6.54 Å². The molecule has 1 saturated carbocycles. The minimum absolute atomic E-state index is 0.0126. The molecular formula is C18H34N4O2. The second kappa shape index (κ2) is 10.3. The number of aliphatic imine (C=N–C) groups is 1. The third-order valence-electron chi connectivity index (χ3n) is 4.56. The minimum atomic E-state index is -0.0126. The number of amides is 1. The van der Waals surface area contributed by atoms with E-state index in [1.54, 1.807) is 26.1 Å². The molecule has 0 radical (unpaired) electrons. The maximum Gasteiger partial charge on any atom is 0.243 e. The molecule has 0 atom stereocenters. The Hall–Kier alpha value is -1.56. The molecule has 1 aliphatic carbocycles. The van der Waals surface area contributed by atoms with Crippen LogP contribution in [0.2, 0.25) is 0 Å². The summed E-state index contributed by atoms with van der Waals surface area (Å²) in [6, 6.07) is 0. The van der Waals surface area contributed by atoms with Crippen LogP contribution in [0.15, 0.2) is 17.1 Å². The molecule has 1 fully saturated rings. The Bertz CT molecular complexity index is 440. The number of hydrogen-bond acceptors (Lipinski definition) is 3. The van der Waals surface area contributed by atoms with Crippen molar-refractivity contribution >= 4 is 11.9 Å². The fraction of sp³-hybridized carbons (Fsp3) is 0.778. The number of rotatable bonds is 9. The number of guanidine groups is 1. The molecule has 0 heterocycles. The van der Waals surface area contributed by atoms with E-state index in [4.69, 9.17) is 4.74 Å². The average Bonchev–Trinajstić information content (AvgIpc) is 3.00. The molecule has 0 aromatic rings. The Labute approximate surface area is 146 Å². The topological polar surface area (TPSA) is 66.0 Å². The molecule has 0 aliphatic heterocycles. The molecule has 6 nitrogen and oxygen atoms in total. The van der Waals surface area contributed by atoms with Crippen molar-refractivity contribution in [1.82, 2.24) is 15.5 Å². The lowest BCUT2D eigenvalue weighted by Gasteiger charge is -2.30. The number of nitrogens with zero attached hydrogens (tertiary/aromatic N) is 2. The average molecular weight is 338 g/mol. The molecule has 2 N–H and O–H groups in total. The minimum Gasteiger partial charge on any atom is -0.385 e. The van der Waals surface area contributed by atoms with Crippen molar-refractivity contribution in [3.05, 3.63) is 12.2 Å². The van der Waals surface area contributed by atoms with E-state index < -0.39 is 0 Å². The lowest BCUT2D eigenvalue weighted by Crippen LogP contribution is -2.44. The monoisotopic (exact) mass is 338 g/mol. The van der Waals surface area contributed by atoms with E-state index in [1.165, 1.54) is 25.7 Å². The molecule has 1 rings (SSSR count). The van der Waals surface area contributed by atoms with Crippen molar-refractivity contribution in [3.8, 4) is 0 Å². The van der Waals surface area contributed by atoms with Gasteiger partial charge in [0.15, 0.2) is 5.96 Å². The predicted molar refractivity (Wildman–Crippen MR) is 99.2 cm³/mol. The fourth-order valence-electron chi connectivity index (χ4n) is 2.93. The maximum atomic E-state index is 11.8. The van der Waals surface area contributed by atoms with Crippen LogP contribution in [0, 0.1) is 5.41 Å². The molecule has 0 spiro atoms. The van der Waals surface area contributed by atoms with Crippen molar-refractivity contribution in [2.45, 2.75) is 39.0 Å². The van der Waals surface area contributed by atoms with E-state index >= 15 is 0 Å². The third kappa shape index (κ3) is 7.34. The van der Waals surface area contributed by atoms with E-state index in [9.17, 15) is 4.79 Å². The highest BCUT2D eigenvalue weighted by atomic mass is 16.5. The van der Waals surface area contributed by atoms with Gasteiger partial charge in [-0.2, -0.15) is 0 Å². The molecule has 24 heavy (non-hydrogen) atoms. The van der Waals surface area contributed by atoms with E-state index in [0.29, 0.717) is 12.5 Å². The van der Waals surface area contributed by atoms with Gasteiger partial charge in [-0.1, -0.05) is 25.0 Å². The van der Waals surface area contributed by atoms with E-state index in [-0.39, 0.29) is 17.9 Å². The number of likely N-dealkylation sites (N-methyl/N-ethyl adjacent to an activating group) is 1. The van der Waals surface area contributed by atoms with Gasteiger partial charge in [-0.3, -0.25) is 4.79 Å². The normalized spacial score (nSPS) is 16.8. The highest BCUT2D eigenvalue weighted by Gasteiger charge is 2.33. The van der Waals surface area contributed by atoms with Gasteiger partial charge in [-0.25, -0.2) is 4.99 Å². The number of nitrogens with one attached hydrogen (secondary N) is 2. The highest BCUT2D eigenvalue weighted by molar-refractivity contribution is 5.84. The molecule has 1 aliphatic rings. The predicted octanol–water partition coefficient (Wildman–Crippen LogP) is 1.78. The van der Waals surface area contributed by atoms with Crippen molar-refractivity contribution < 1.29 is 9.53 Å². The molecule has 138 valence electrons. The van der Waals surface area contributed by atoms with Crippen LogP contribution in [0.3, 0.4) is 0 Å². The first-order valence-corrected chi connectivity index (χ1v) is 8.74. The van der Waals surface area contributed by atoms with Crippen LogP contribution in [-0.4, -0.2) is 64.2 Å². The quantitative estimate of drug-likeness (QED) is 0.382. The molecular weight excluding hydrogens is 304 g/mol. The summed E-state index contributed by atoms with van der Waals surface area (Å²) >= 11 is 0. The number of hydrogen-bond donors (Lipinski definition) is 2. The standard InChI is InChI=1S/C18H34N4O2/c1-15(2)12-19-17(20-13-16(23)22(3)4)21-14-18(10-11-24-5)8-6-7-9-18/h1,6-14H2,2-5H3,(H2,19,20,21). The first-order chi connectivity index (χ1) is 11.4. The number of ether oxygens (including phenoxy) is 1. The Morgan fingerprint density at radius 2 is 1.96 bits per heavy atom. The molecule has 6 heteroatoms. The third-order valence-corrected chi connectivity index (χ3v) is 4.56. The van der Waals surface area contributed by atoms with Crippen LogP contribution in [0.5, 0.6) is 0 Å². The van der Waals surface area contributed by atoms with Crippen LogP contribution in [0.1, 0.15) is 39.0 Å². The zero-order chi connectivity index (χ0) is 18.0. The molecule has 0 saturated heterocycles. The maximum absolute atomic E-state index is 11.8. The first-order valence-electron chi connectivity index (χ1n) is 8.74. The summed E-state index contributed by atoms with van der Waals surface area (Å²) in [4.78, 5) is 17.8. The lowest BCUT2D eigenvalue weighted by molar-refractivity contribution is -0.127. The summed E-state index contributed by atoms with van der Waals surface area (Å²) in [5.74, 6) is 0.665. The lowest BCUT2D eigenvalue weighted by atomic mass is 9.83. The Morgan fingerprint density at radius 1 is 1.29 bits per heavy atom. The van der Waals surface area contributed by atoms with Crippen LogP contribution < -0.4 is 10.6 Å². The van der Waals surface area contributed by atoms with Crippen molar-refractivity contribution in [3.63, 3.8) is 0 Å². The van der Waals surface area contributed by atoms with Crippen LogP contribution in [-0.2, 0) is 9.53 Å². The van der Waals surface area contributed by atoms with Gasteiger partial charge < -0.3 is 20.3 Å². The summed E-state index contributed by atoms with van der Waals surface area (Å²) in [7, 11) is 5.24. The smallest absolute Gasteiger partial charge is 0.243 e. The number of methoxy groups -OCH3 is 1. The molecule has 0 aromatic carbocycles. The van der Waals surface area contributed by atoms with Gasteiger partial charge in [-0.05, 0) is 31.6 Å². The SMILES string of the molecule is C=C(C)CNC(=NCC(=O)N(C)C)NCC1(CCOC)CCCC1. The van der Waals surface area contributed by atoms with Crippen molar-refractivity contribution in [2.75, 3.05) is 47.4 Å². The Morgan fingerprint density at radius 3 is 2.50 bits per heavy atom. The molecule has 1 amide bonds. The van der Waals surface area contributed by atoms with Gasteiger partial charge in [0.25, 0.3) is 0 Å². The van der Waals surface area contributed by atoms with E-state index in [0.717, 1.165) is 25.1 Å². The Balaban J connectivity index is 2.66. The summed E-state index contributed by atoms with van der Waals surface area (Å²) < 4.78 is 5.28. The largest absolute Gasteiger partial charge is 0.385 e. The van der Waals surface area contributed by atoms with Crippen molar-refractivity contribution in [1.29, 1.82) is 0 Å². The summed E-state index contributed by atoms with van der Waals surface area (Å²) in [5, 5.41) is 6.68. The van der Waals surface area contributed by atoms with E-state index in [2.05, 4.69) is 22.2 Å². The van der Waals surface area contributed by atoms with Gasteiger partial charge in [0, 0.05) is 40.9 Å². The second-order valence-electron chi connectivity index (χ2n) is 7.07. The van der Waals surface area contributed by atoms with Gasteiger partial charge in [0.05, 0.1) is 0 Å². The zero-order valence-corrected chi connectivity index (χ0v) is 15.8. The van der Waals surface area contributed by atoms with Gasteiger partial charge >= 0.3 is 0 Å². The highest BCUT2D eigenvalue weighted by Crippen LogP contribution is 2.40. The van der Waals surface area contributed by atoms with Crippen LogP contribution in [0.4, 0.5) is 0 Å². The molecule has 0 bridgehead atoms. The van der Waals surface area contributed by atoms with E-state index in [1.807, 2.05) is 6.92 Å². The summed E-state index contributed by atoms with van der Waals surface area (Å²) in [5.41, 5.74) is 1.30. The fourth-order valence-corrected chi connectivity index (χ4v) is 2.93. The Kier molecular flexibility index (Phi) is 8.82. The number of carbonyl (C=O) groups excluding carboxylic acids is 1. The molecule has 0 aromatic heterocycles. The van der Waals surface area contributed by atoms with Crippen molar-refractivity contribution in [2.24, 2.45) is 10.4 Å². The summed E-state index contributed by atoms with van der Waals surface area (Å²) in [6.07, 6.45) is 6.04. The van der Waals surface area contributed by atoms with Crippen LogP contribution >= 0.6 is 0 Å². The van der Waals surface area contributed by atoms with Crippen LogP contribution in [0.25, 0.3) is 0 Å². The molecule has 0 unspecified atom stereocenters. The first kappa shape index (κ1) is 20.5. The van der Waals surface area contributed by atoms with Gasteiger partial charge in [-0.15, -0.1) is 0 Å². The zero-order valence-electron chi connectivity index (χ0n) is 15.8. The van der Waals surface area contributed by atoms with Gasteiger partial charge in [0.2, 0.25) is 5.91 Å². The second-order valence-corrected chi connectivity index (χ2v) is 7.07. The summed E-state index contributed by atoms with van der Waals surface area (Å²) in [6.45, 7) is 8.30.